The van der Waals surface area contributed by atoms with Crippen LogP contribution in [-0.2, 0) is 9.59 Å². The van der Waals surface area contributed by atoms with E-state index in [-0.39, 0.29) is 28.1 Å². The Morgan fingerprint density at radius 3 is 2.57 bits per heavy atom. The van der Waals surface area contributed by atoms with Gasteiger partial charge in [-0.1, -0.05) is 20.8 Å². The third-order valence-electron chi connectivity index (χ3n) is 5.34. The molecule has 0 N–H and O–H groups in total. The van der Waals surface area contributed by atoms with E-state index in [2.05, 4.69) is 4.90 Å². The van der Waals surface area contributed by atoms with Gasteiger partial charge in [-0.25, -0.2) is 0 Å². The van der Waals surface area contributed by atoms with E-state index in [0.29, 0.717) is 0 Å². The molecule has 0 aromatic carbocycles. The molecule has 3 aliphatic heterocycles. The highest BCUT2D eigenvalue weighted by Crippen LogP contribution is 2.54. The fraction of sp³-hybridized carbons (Fsp3) is 0.875. The third kappa shape index (κ3) is 2.03. The normalized spacial score (nSPS) is 34.9. The van der Waals surface area contributed by atoms with Gasteiger partial charge in [0, 0.05) is 36.7 Å². The van der Waals surface area contributed by atoms with Crippen molar-refractivity contribution >= 4 is 23.6 Å². The summed E-state index contributed by atoms with van der Waals surface area (Å²) in [4.78, 5) is 29.8. The number of piperidine rings is 2. The summed E-state index contributed by atoms with van der Waals surface area (Å²) in [6.45, 7) is 11.6. The molecular formula is C16H26N2O2S. The number of likely N-dealkylation sites (tertiary alicyclic amines) is 1. The summed E-state index contributed by atoms with van der Waals surface area (Å²) in [5.41, 5.74) is -0.862. The highest BCUT2D eigenvalue weighted by molar-refractivity contribution is 8.00. The molecule has 3 aliphatic rings. The van der Waals surface area contributed by atoms with Crippen molar-refractivity contribution in [3.05, 3.63) is 0 Å². The van der Waals surface area contributed by atoms with E-state index in [1.807, 2.05) is 51.3 Å². The van der Waals surface area contributed by atoms with Crippen LogP contribution in [0.2, 0.25) is 0 Å². The maximum Gasteiger partial charge on any atom is 0.231 e. The van der Waals surface area contributed by atoms with Crippen molar-refractivity contribution in [2.75, 3.05) is 18.8 Å². The van der Waals surface area contributed by atoms with Gasteiger partial charge in [0.05, 0.1) is 10.3 Å². The zero-order chi connectivity index (χ0) is 15.6. The van der Waals surface area contributed by atoms with Crippen molar-refractivity contribution in [1.29, 1.82) is 0 Å². The largest absolute Gasteiger partial charge is 0.338 e. The van der Waals surface area contributed by atoms with Gasteiger partial charge in [0.1, 0.15) is 0 Å². The van der Waals surface area contributed by atoms with Crippen LogP contribution in [0.5, 0.6) is 0 Å². The van der Waals surface area contributed by atoms with Crippen molar-refractivity contribution < 1.29 is 9.59 Å². The van der Waals surface area contributed by atoms with Crippen molar-refractivity contribution in [2.45, 2.75) is 58.4 Å². The molecule has 5 heteroatoms. The molecule has 3 fully saturated rings. The van der Waals surface area contributed by atoms with Crippen LogP contribution >= 0.6 is 11.8 Å². The Bertz CT molecular complexity index is 497. The second-order valence-electron chi connectivity index (χ2n) is 8.19. The number of hydrogen-bond donors (Lipinski definition) is 0. The minimum Gasteiger partial charge on any atom is -0.338 e. The standard InChI is InChI=1S/C16H26N2O2S/c1-14(2,3)12(19)17-7-6-16-10-11(17)15(4,5)13(20)18(16)8-9-21-16/h11H,6-10H2,1-5H3. The topological polar surface area (TPSA) is 40.6 Å². The summed E-state index contributed by atoms with van der Waals surface area (Å²) < 4.78 is 0. The first-order valence-electron chi connectivity index (χ1n) is 7.87. The molecule has 0 saturated carbocycles. The minimum absolute atomic E-state index is 0.0346. The highest BCUT2D eigenvalue weighted by Gasteiger charge is 2.61. The van der Waals surface area contributed by atoms with Crippen LogP contribution < -0.4 is 0 Å². The fourth-order valence-electron chi connectivity index (χ4n) is 4.05. The smallest absolute Gasteiger partial charge is 0.231 e. The van der Waals surface area contributed by atoms with E-state index in [1.165, 1.54) is 0 Å². The molecular weight excluding hydrogens is 284 g/mol. The maximum atomic E-state index is 12.9. The first-order valence-corrected chi connectivity index (χ1v) is 8.85. The van der Waals surface area contributed by atoms with Gasteiger partial charge in [-0.05, 0) is 20.3 Å². The molecule has 0 aromatic heterocycles. The summed E-state index contributed by atoms with van der Waals surface area (Å²) >= 11 is 1.92. The fourth-order valence-corrected chi connectivity index (χ4v) is 5.54. The monoisotopic (exact) mass is 310 g/mol. The van der Waals surface area contributed by atoms with Crippen molar-refractivity contribution in [2.24, 2.45) is 10.8 Å². The summed E-state index contributed by atoms with van der Waals surface area (Å²) in [5.74, 6) is 1.44. The molecule has 2 unspecified atom stereocenters. The summed E-state index contributed by atoms with van der Waals surface area (Å²) in [5, 5.41) is 0. The van der Waals surface area contributed by atoms with Crippen LogP contribution in [0, 0.1) is 10.8 Å². The molecule has 2 bridgehead atoms. The number of nitrogens with zero attached hydrogens (tertiary/aromatic N) is 2. The lowest BCUT2D eigenvalue weighted by molar-refractivity contribution is -0.168. The van der Waals surface area contributed by atoms with Gasteiger partial charge in [-0.2, -0.15) is 0 Å². The Labute approximate surface area is 131 Å². The van der Waals surface area contributed by atoms with Crippen LogP contribution in [0.4, 0.5) is 0 Å². The molecule has 0 radical (unpaired) electrons. The third-order valence-corrected chi connectivity index (χ3v) is 6.86. The van der Waals surface area contributed by atoms with E-state index in [1.54, 1.807) is 0 Å². The van der Waals surface area contributed by atoms with Crippen LogP contribution in [0.25, 0.3) is 0 Å². The Hall–Kier alpha value is -0.710. The summed E-state index contributed by atoms with van der Waals surface area (Å²) in [6, 6.07) is 0.0346. The number of carbonyl (C=O) groups is 2. The Kier molecular flexibility index (Phi) is 3.18. The summed E-state index contributed by atoms with van der Waals surface area (Å²) in [6.07, 6.45) is 1.84. The molecule has 3 saturated heterocycles. The van der Waals surface area contributed by atoms with E-state index in [0.717, 1.165) is 31.7 Å². The molecule has 0 aromatic rings. The lowest BCUT2D eigenvalue weighted by Gasteiger charge is -2.58. The minimum atomic E-state index is -0.476. The lowest BCUT2D eigenvalue weighted by Crippen LogP contribution is -2.70. The van der Waals surface area contributed by atoms with Crippen LogP contribution in [-0.4, -0.2) is 51.4 Å². The van der Waals surface area contributed by atoms with Gasteiger partial charge in [0.15, 0.2) is 0 Å². The maximum absolute atomic E-state index is 12.9. The van der Waals surface area contributed by atoms with Crippen LogP contribution in [0.15, 0.2) is 0 Å². The van der Waals surface area contributed by atoms with E-state index in [9.17, 15) is 9.59 Å². The van der Waals surface area contributed by atoms with Gasteiger partial charge < -0.3 is 9.80 Å². The quantitative estimate of drug-likeness (QED) is 0.689. The predicted molar refractivity (Wildman–Crippen MR) is 84.9 cm³/mol. The van der Waals surface area contributed by atoms with Gasteiger partial charge in [0.25, 0.3) is 0 Å². The van der Waals surface area contributed by atoms with Gasteiger partial charge >= 0.3 is 0 Å². The molecule has 2 atom stereocenters. The molecule has 4 nitrogen and oxygen atoms in total. The SMILES string of the molecule is CC(C)(C)C(=O)N1CCC23CC1C(C)(C)C(=O)N2CCS3. The number of amides is 2. The molecule has 3 rings (SSSR count). The summed E-state index contributed by atoms with van der Waals surface area (Å²) in [7, 11) is 0. The molecule has 1 spiro atoms. The van der Waals surface area contributed by atoms with E-state index in [4.69, 9.17) is 0 Å². The molecule has 0 aliphatic carbocycles. The Balaban J connectivity index is 1.98. The highest BCUT2D eigenvalue weighted by atomic mass is 32.2. The zero-order valence-electron chi connectivity index (χ0n) is 13.7. The number of fused-ring (bicyclic) bond motifs is 1. The molecule has 118 valence electrons. The van der Waals surface area contributed by atoms with Gasteiger partial charge in [0.2, 0.25) is 11.8 Å². The van der Waals surface area contributed by atoms with Gasteiger partial charge in [-0.15, -0.1) is 11.8 Å². The number of rotatable bonds is 0. The van der Waals surface area contributed by atoms with Crippen molar-refractivity contribution in [3.63, 3.8) is 0 Å². The van der Waals surface area contributed by atoms with Crippen LogP contribution in [0.3, 0.4) is 0 Å². The van der Waals surface area contributed by atoms with E-state index < -0.39 is 5.41 Å². The predicted octanol–water partition coefficient (Wildman–Crippen LogP) is 2.33. The van der Waals surface area contributed by atoms with Gasteiger partial charge in [-0.3, -0.25) is 9.59 Å². The Morgan fingerprint density at radius 1 is 1.29 bits per heavy atom. The number of carbonyl (C=O) groups excluding carboxylic acids is 2. The Morgan fingerprint density at radius 2 is 1.95 bits per heavy atom. The van der Waals surface area contributed by atoms with E-state index >= 15 is 0 Å². The number of hydrogen-bond acceptors (Lipinski definition) is 3. The zero-order valence-corrected chi connectivity index (χ0v) is 14.5. The first kappa shape index (κ1) is 15.2. The average Bonchev–Trinajstić information content (AvgIpc) is 2.78. The van der Waals surface area contributed by atoms with Crippen LogP contribution in [0.1, 0.15) is 47.5 Å². The lowest BCUT2D eigenvalue weighted by atomic mass is 9.71. The van der Waals surface area contributed by atoms with Crippen molar-refractivity contribution in [3.8, 4) is 0 Å². The molecule has 21 heavy (non-hydrogen) atoms. The first-order chi connectivity index (χ1) is 9.59. The molecule has 3 heterocycles. The molecule has 2 amide bonds. The average molecular weight is 310 g/mol. The van der Waals surface area contributed by atoms with Crippen molar-refractivity contribution in [1.82, 2.24) is 9.80 Å². The second kappa shape index (κ2) is 4.40. The second-order valence-corrected chi connectivity index (χ2v) is 9.65. The number of thioether (sulfide) groups is 1.